The highest BCUT2D eigenvalue weighted by Gasteiger charge is 2.05. The zero-order valence-corrected chi connectivity index (χ0v) is 6.76. The number of halogens is 1. The minimum absolute atomic E-state index is 0.103. The summed E-state index contributed by atoms with van der Waals surface area (Å²) in [5.74, 6) is -0.524. The van der Waals surface area contributed by atoms with E-state index in [1.807, 2.05) is 13.0 Å². The van der Waals surface area contributed by atoms with Gasteiger partial charge in [-0.15, -0.1) is 0 Å². The Morgan fingerprint density at radius 3 is 2.75 bits per heavy atom. The van der Waals surface area contributed by atoms with Crippen molar-refractivity contribution in [3.8, 4) is 6.07 Å². The number of rotatable bonds is 1. The minimum Gasteiger partial charge on any atom is -0.396 e. The number of hydrogen-bond donors (Lipinski definition) is 1. The average molecular weight is 164 g/mol. The quantitative estimate of drug-likeness (QED) is 0.644. The fraction of sp³-hybridized carbons (Fsp3) is 0.222. The van der Waals surface area contributed by atoms with Crippen LogP contribution in [-0.4, -0.2) is 0 Å². The Kier molecular flexibility index (Phi) is 2.29. The molecule has 0 aromatic heterocycles. The van der Waals surface area contributed by atoms with Crippen LogP contribution < -0.4 is 5.73 Å². The monoisotopic (exact) mass is 164 g/mol. The normalized spacial score (nSPS) is 9.42. The molecule has 62 valence electrons. The summed E-state index contributed by atoms with van der Waals surface area (Å²) < 4.78 is 12.8. The van der Waals surface area contributed by atoms with Gasteiger partial charge in [0.25, 0.3) is 0 Å². The lowest BCUT2D eigenvalue weighted by atomic mass is 10.1. The van der Waals surface area contributed by atoms with Gasteiger partial charge >= 0.3 is 0 Å². The van der Waals surface area contributed by atoms with E-state index in [1.54, 1.807) is 0 Å². The summed E-state index contributed by atoms with van der Waals surface area (Å²) in [4.78, 5) is 0. The van der Waals surface area contributed by atoms with E-state index in [0.29, 0.717) is 12.0 Å². The van der Waals surface area contributed by atoms with E-state index in [2.05, 4.69) is 0 Å². The van der Waals surface area contributed by atoms with Gasteiger partial charge in [0.2, 0.25) is 0 Å². The maximum Gasteiger partial charge on any atom is 0.147 e. The summed E-state index contributed by atoms with van der Waals surface area (Å²) in [7, 11) is 0. The molecule has 2 nitrogen and oxygen atoms in total. The van der Waals surface area contributed by atoms with E-state index >= 15 is 0 Å². The predicted octanol–water partition coefficient (Wildman–Crippen LogP) is 1.84. The first-order valence-electron chi connectivity index (χ1n) is 3.67. The van der Waals surface area contributed by atoms with Crippen molar-refractivity contribution >= 4 is 5.69 Å². The first kappa shape index (κ1) is 8.54. The van der Waals surface area contributed by atoms with Gasteiger partial charge in [-0.25, -0.2) is 4.39 Å². The average Bonchev–Trinajstić information content (AvgIpc) is 2.09. The molecule has 0 aliphatic rings. The Balaban J connectivity index is 3.31. The van der Waals surface area contributed by atoms with Gasteiger partial charge in [-0.1, -0.05) is 6.92 Å². The van der Waals surface area contributed by atoms with Crippen LogP contribution in [0.5, 0.6) is 0 Å². The zero-order chi connectivity index (χ0) is 9.14. The van der Waals surface area contributed by atoms with Crippen molar-refractivity contribution in [2.24, 2.45) is 0 Å². The molecule has 0 saturated carbocycles. The largest absolute Gasteiger partial charge is 0.396 e. The number of aryl methyl sites for hydroxylation is 1. The molecule has 2 N–H and O–H groups in total. The Morgan fingerprint density at radius 1 is 1.58 bits per heavy atom. The molecule has 0 aliphatic heterocycles. The van der Waals surface area contributed by atoms with E-state index in [1.165, 1.54) is 12.1 Å². The molecule has 0 heterocycles. The molecule has 0 unspecified atom stereocenters. The van der Waals surface area contributed by atoms with Crippen LogP contribution in [0, 0.1) is 17.1 Å². The Labute approximate surface area is 70.4 Å². The Bertz CT molecular complexity index is 339. The molecular formula is C9H9FN2. The number of nitrogens with two attached hydrogens (primary N) is 1. The van der Waals surface area contributed by atoms with Crippen molar-refractivity contribution in [2.45, 2.75) is 13.3 Å². The van der Waals surface area contributed by atoms with Crippen molar-refractivity contribution in [2.75, 3.05) is 5.73 Å². The molecule has 3 heteroatoms. The van der Waals surface area contributed by atoms with Crippen LogP contribution in [0.1, 0.15) is 18.1 Å². The topological polar surface area (TPSA) is 49.8 Å². The maximum atomic E-state index is 12.8. The van der Waals surface area contributed by atoms with Crippen molar-refractivity contribution in [3.63, 3.8) is 0 Å². The predicted molar refractivity (Wildman–Crippen MR) is 44.9 cm³/mol. The third-order valence-corrected chi connectivity index (χ3v) is 1.72. The van der Waals surface area contributed by atoms with Gasteiger partial charge in [-0.3, -0.25) is 0 Å². The summed E-state index contributed by atoms with van der Waals surface area (Å²) in [6, 6.07) is 4.60. The third kappa shape index (κ3) is 1.37. The summed E-state index contributed by atoms with van der Waals surface area (Å²) >= 11 is 0. The van der Waals surface area contributed by atoms with Crippen LogP contribution >= 0.6 is 0 Å². The van der Waals surface area contributed by atoms with Gasteiger partial charge < -0.3 is 5.73 Å². The van der Waals surface area contributed by atoms with Gasteiger partial charge in [-0.05, 0) is 24.1 Å². The summed E-state index contributed by atoms with van der Waals surface area (Å²) in [5, 5.41) is 8.61. The summed E-state index contributed by atoms with van der Waals surface area (Å²) in [5.41, 5.74) is 6.59. The standard InChI is InChI=1S/C9H9FN2/c1-2-6-4-9(12)8(10)3-7(6)5-11/h3-4H,2,12H2,1H3. The van der Waals surface area contributed by atoms with E-state index in [9.17, 15) is 4.39 Å². The smallest absolute Gasteiger partial charge is 0.147 e. The molecule has 0 amide bonds. The number of nitrogens with zero attached hydrogens (tertiary/aromatic N) is 1. The molecule has 0 atom stereocenters. The second kappa shape index (κ2) is 3.22. The number of anilines is 1. The Morgan fingerprint density at radius 2 is 2.25 bits per heavy atom. The van der Waals surface area contributed by atoms with Gasteiger partial charge in [0.15, 0.2) is 0 Å². The van der Waals surface area contributed by atoms with E-state index in [0.717, 1.165) is 5.56 Å². The molecule has 12 heavy (non-hydrogen) atoms. The van der Waals surface area contributed by atoms with Crippen molar-refractivity contribution in [1.29, 1.82) is 5.26 Å². The highest BCUT2D eigenvalue weighted by Crippen LogP contribution is 2.17. The van der Waals surface area contributed by atoms with Crippen LogP contribution in [0.3, 0.4) is 0 Å². The van der Waals surface area contributed by atoms with Crippen LogP contribution in [0.25, 0.3) is 0 Å². The molecule has 0 spiro atoms. The van der Waals surface area contributed by atoms with E-state index in [4.69, 9.17) is 11.0 Å². The third-order valence-electron chi connectivity index (χ3n) is 1.72. The number of benzene rings is 1. The van der Waals surface area contributed by atoms with Gasteiger partial charge in [0.05, 0.1) is 17.3 Å². The molecular weight excluding hydrogens is 155 g/mol. The van der Waals surface area contributed by atoms with Crippen LogP contribution in [0.15, 0.2) is 12.1 Å². The summed E-state index contributed by atoms with van der Waals surface area (Å²) in [6.45, 7) is 1.90. The second-order valence-corrected chi connectivity index (χ2v) is 2.50. The second-order valence-electron chi connectivity index (χ2n) is 2.50. The molecule has 0 bridgehead atoms. The molecule has 1 aromatic rings. The lowest BCUT2D eigenvalue weighted by Gasteiger charge is -2.02. The molecule has 0 saturated heterocycles. The molecule has 0 aliphatic carbocycles. The van der Waals surface area contributed by atoms with Gasteiger partial charge in [0.1, 0.15) is 5.82 Å². The highest BCUT2D eigenvalue weighted by molar-refractivity contribution is 5.50. The van der Waals surface area contributed by atoms with E-state index < -0.39 is 5.82 Å². The number of hydrogen-bond acceptors (Lipinski definition) is 2. The SMILES string of the molecule is CCc1cc(N)c(F)cc1C#N. The minimum atomic E-state index is -0.524. The molecule has 1 aromatic carbocycles. The molecule has 1 rings (SSSR count). The first-order valence-corrected chi connectivity index (χ1v) is 3.67. The molecule has 0 radical (unpaired) electrons. The molecule has 0 fully saturated rings. The van der Waals surface area contributed by atoms with Crippen LogP contribution in [-0.2, 0) is 6.42 Å². The summed E-state index contributed by atoms with van der Waals surface area (Å²) in [6.07, 6.45) is 0.688. The lowest BCUT2D eigenvalue weighted by molar-refractivity contribution is 0.631. The maximum absolute atomic E-state index is 12.8. The van der Waals surface area contributed by atoms with Gasteiger partial charge in [-0.2, -0.15) is 5.26 Å². The zero-order valence-electron chi connectivity index (χ0n) is 6.76. The first-order chi connectivity index (χ1) is 5.69. The van der Waals surface area contributed by atoms with Crippen LogP contribution in [0.4, 0.5) is 10.1 Å². The fourth-order valence-electron chi connectivity index (χ4n) is 1.03. The van der Waals surface area contributed by atoms with Gasteiger partial charge in [0, 0.05) is 0 Å². The van der Waals surface area contributed by atoms with Crippen molar-refractivity contribution in [1.82, 2.24) is 0 Å². The fourth-order valence-corrected chi connectivity index (χ4v) is 1.03. The van der Waals surface area contributed by atoms with Crippen LogP contribution in [0.2, 0.25) is 0 Å². The number of nitrogen functional groups attached to an aromatic ring is 1. The Hall–Kier alpha value is -1.56. The number of nitriles is 1. The van der Waals surface area contributed by atoms with E-state index in [-0.39, 0.29) is 5.69 Å². The highest BCUT2D eigenvalue weighted by atomic mass is 19.1. The van der Waals surface area contributed by atoms with Crippen molar-refractivity contribution in [3.05, 3.63) is 29.1 Å². The lowest BCUT2D eigenvalue weighted by Crippen LogP contribution is -1.96. The van der Waals surface area contributed by atoms with Crippen molar-refractivity contribution < 1.29 is 4.39 Å².